The molecule has 0 fully saturated rings. The predicted molar refractivity (Wildman–Crippen MR) is 56.6 cm³/mol. The first kappa shape index (κ1) is 9.21. The number of H-pyrrole nitrogens is 1. The Hall–Kier alpha value is -1.35. The minimum absolute atomic E-state index is 0.238. The van der Waals surface area contributed by atoms with Gasteiger partial charge >= 0.3 is 0 Å². The molecule has 0 amide bonds. The van der Waals surface area contributed by atoms with E-state index in [9.17, 15) is 0 Å². The van der Waals surface area contributed by atoms with Crippen LogP contribution >= 0.6 is 0 Å². The van der Waals surface area contributed by atoms with E-state index >= 15 is 0 Å². The smallest absolute Gasteiger partial charge is 0.166 e. The summed E-state index contributed by atoms with van der Waals surface area (Å²) in [6.45, 7) is 4.32. The van der Waals surface area contributed by atoms with Gasteiger partial charge in [-0.15, -0.1) is 0 Å². The summed E-state index contributed by atoms with van der Waals surface area (Å²) in [6.07, 6.45) is 0. The number of hydrogen-bond acceptors (Lipinski definition) is 1. The second-order valence-corrected chi connectivity index (χ2v) is 3.99. The molecule has 3 nitrogen and oxygen atoms in total. The fraction of sp³-hybridized carbons (Fsp3) is 0.364. The number of hydrogen-bond donors (Lipinski definition) is 2. The van der Waals surface area contributed by atoms with E-state index in [2.05, 4.69) is 29.5 Å². The van der Waals surface area contributed by atoms with Crippen molar-refractivity contribution in [2.24, 2.45) is 5.92 Å². The molecule has 0 unspecified atom stereocenters. The molecule has 1 aromatic heterocycles. The van der Waals surface area contributed by atoms with Crippen molar-refractivity contribution in [2.75, 3.05) is 0 Å². The lowest BCUT2D eigenvalue weighted by atomic mass is 10.1. The van der Waals surface area contributed by atoms with Gasteiger partial charge in [0.05, 0.1) is 11.0 Å². The second kappa shape index (κ2) is 3.42. The third-order valence-electron chi connectivity index (χ3n) is 2.56. The fourth-order valence-corrected chi connectivity index (χ4v) is 1.46. The summed E-state index contributed by atoms with van der Waals surface area (Å²) in [4.78, 5) is 7.82. The second-order valence-electron chi connectivity index (χ2n) is 3.99. The van der Waals surface area contributed by atoms with Gasteiger partial charge in [0.1, 0.15) is 6.04 Å². The van der Waals surface area contributed by atoms with Crippen molar-refractivity contribution >= 4 is 11.0 Å². The molecule has 74 valence electrons. The van der Waals surface area contributed by atoms with Crippen LogP contribution in [0.3, 0.4) is 0 Å². The van der Waals surface area contributed by atoms with Gasteiger partial charge in [0, 0.05) is 5.92 Å². The summed E-state index contributed by atoms with van der Waals surface area (Å²) in [5, 5.41) is 0. The highest BCUT2D eigenvalue weighted by molar-refractivity contribution is 5.74. The molecule has 1 aromatic carbocycles. The molecule has 0 radical (unpaired) electrons. The number of aromatic nitrogens is 2. The van der Waals surface area contributed by atoms with Crippen LogP contribution in [0.15, 0.2) is 24.3 Å². The number of fused-ring (bicyclic) bond motifs is 1. The van der Waals surface area contributed by atoms with E-state index in [0.717, 1.165) is 16.9 Å². The third kappa shape index (κ3) is 1.51. The van der Waals surface area contributed by atoms with Gasteiger partial charge in [0.2, 0.25) is 0 Å². The SMILES string of the molecule is CC(C)[C@@H]([NH3+])c1nc2ccccc2[nH]1. The highest BCUT2D eigenvalue weighted by Gasteiger charge is 2.17. The van der Waals surface area contributed by atoms with Gasteiger partial charge in [0.25, 0.3) is 0 Å². The van der Waals surface area contributed by atoms with Crippen molar-refractivity contribution in [3.63, 3.8) is 0 Å². The average molecular weight is 190 g/mol. The zero-order chi connectivity index (χ0) is 10.1. The normalized spacial score (nSPS) is 13.7. The van der Waals surface area contributed by atoms with Crippen molar-refractivity contribution < 1.29 is 5.73 Å². The number of para-hydroxylation sites is 2. The maximum Gasteiger partial charge on any atom is 0.166 e. The van der Waals surface area contributed by atoms with Crippen LogP contribution in [-0.2, 0) is 0 Å². The molecule has 0 aliphatic rings. The first-order valence-corrected chi connectivity index (χ1v) is 4.96. The standard InChI is InChI=1S/C11H15N3/c1-7(2)10(12)11-13-8-5-3-4-6-9(8)14-11/h3-7,10H,12H2,1-2H3,(H,13,14)/p+1/t10-/m1/s1. The number of rotatable bonds is 2. The molecule has 0 saturated carbocycles. The fourth-order valence-electron chi connectivity index (χ4n) is 1.46. The van der Waals surface area contributed by atoms with Crippen molar-refractivity contribution in [3.05, 3.63) is 30.1 Å². The minimum atomic E-state index is 0.238. The first-order valence-electron chi connectivity index (χ1n) is 4.96. The van der Waals surface area contributed by atoms with Crippen LogP contribution in [0.5, 0.6) is 0 Å². The van der Waals surface area contributed by atoms with Gasteiger partial charge in [-0.1, -0.05) is 26.0 Å². The highest BCUT2D eigenvalue weighted by atomic mass is 15.0. The van der Waals surface area contributed by atoms with Gasteiger partial charge < -0.3 is 10.7 Å². The monoisotopic (exact) mass is 190 g/mol. The molecule has 0 bridgehead atoms. The Kier molecular flexibility index (Phi) is 2.25. The van der Waals surface area contributed by atoms with Crippen LogP contribution < -0.4 is 5.73 Å². The molecule has 0 saturated heterocycles. The highest BCUT2D eigenvalue weighted by Crippen LogP contribution is 2.17. The summed E-state index contributed by atoms with van der Waals surface area (Å²) in [5.74, 6) is 1.50. The van der Waals surface area contributed by atoms with Gasteiger partial charge in [0.15, 0.2) is 5.82 Å². The van der Waals surface area contributed by atoms with E-state index in [1.54, 1.807) is 0 Å². The number of imidazole rings is 1. The molecule has 0 aliphatic carbocycles. The van der Waals surface area contributed by atoms with Crippen LogP contribution in [0.1, 0.15) is 25.7 Å². The average Bonchev–Trinajstić information content (AvgIpc) is 2.59. The molecule has 14 heavy (non-hydrogen) atoms. The third-order valence-corrected chi connectivity index (χ3v) is 2.56. The topological polar surface area (TPSA) is 56.3 Å². The number of nitrogens with one attached hydrogen (secondary N) is 1. The van der Waals surface area contributed by atoms with Gasteiger partial charge in [-0.3, -0.25) is 0 Å². The number of aromatic amines is 1. The van der Waals surface area contributed by atoms with Crippen LogP contribution in [0.4, 0.5) is 0 Å². The largest absolute Gasteiger partial charge is 0.349 e. The molecule has 2 rings (SSSR count). The molecule has 4 N–H and O–H groups in total. The molecule has 1 heterocycles. The maximum absolute atomic E-state index is 4.52. The Morgan fingerprint density at radius 2 is 2.00 bits per heavy atom. The zero-order valence-electron chi connectivity index (χ0n) is 8.62. The van der Waals surface area contributed by atoms with Crippen LogP contribution in [0, 0.1) is 5.92 Å². The summed E-state index contributed by atoms with van der Waals surface area (Å²) in [5.41, 5.74) is 6.23. The molecular formula is C11H16N3+. The van der Waals surface area contributed by atoms with E-state index in [0.29, 0.717) is 5.92 Å². The Labute approximate surface area is 83.3 Å². The van der Waals surface area contributed by atoms with Crippen molar-refractivity contribution in [1.82, 2.24) is 9.97 Å². The molecule has 0 aliphatic heterocycles. The summed E-state index contributed by atoms with van der Waals surface area (Å²) in [6, 6.07) is 8.31. The Balaban J connectivity index is 2.45. The Morgan fingerprint density at radius 3 is 2.64 bits per heavy atom. The number of quaternary nitrogens is 1. The lowest BCUT2D eigenvalue weighted by molar-refractivity contribution is -0.440. The summed E-state index contributed by atoms with van der Waals surface area (Å²) < 4.78 is 0. The summed E-state index contributed by atoms with van der Waals surface area (Å²) >= 11 is 0. The van der Waals surface area contributed by atoms with Crippen LogP contribution in [-0.4, -0.2) is 9.97 Å². The quantitative estimate of drug-likeness (QED) is 0.740. The Bertz CT molecular complexity index is 398. The molecule has 1 atom stereocenters. The van der Waals surface area contributed by atoms with E-state index in [-0.39, 0.29) is 6.04 Å². The van der Waals surface area contributed by atoms with E-state index in [1.807, 2.05) is 24.3 Å². The lowest BCUT2D eigenvalue weighted by Gasteiger charge is -2.07. The van der Waals surface area contributed by atoms with E-state index in [1.165, 1.54) is 0 Å². The molecule has 0 spiro atoms. The van der Waals surface area contributed by atoms with Crippen molar-refractivity contribution in [2.45, 2.75) is 19.9 Å². The molecule has 2 aromatic rings. The lowest BCUT2D eigenvalue weighted by Crippen LogP contribution is -2.56. The van der Waals surface area contributed by atoms with Gasteiger partial charge in [-0.2, -0.15) is 0 Å². The molecule has 3 heteroatoms. The number of nitrogens with zero attached hydrogens (tertiary/aromatic N) is 1. The van der Waals surface area contributed by atoms with Crippen LogP contribution in [0.25, 0.3) is 11.0 Å². The van der Waals surface area contributed by atoms with E-state index < -0.39 is 0 Å². The minimum Gasteiger partial charge on any atom is -0.349 e. The van der Waals surface area contributed by atoms with E-state index in [4.69, 9.17) is 0 Å². The molecular weight excluding hydrogens is 174 g/mol. The maximum atomic E-state index is 4.52. The first-order chi connectivity index (χ1) is 6.68. The Morgan fingerprint density at radius 1 is 1.29 bits per heavy atom. The zero-order valence-corrected chi connectivity index (χ0v) is 8.62. The summed E-state index contributed by atoms with van der Waals surface area (Å²) in [7, 11) is 0. The number of benzene rings is 1. The van der Waals surface area contributed by atoms with Crippen molar-refractivity contribution in [1.29, 1.82) is 0 Å². The van der Waals surface area contributed by atoms with Crippen LogP contribution in [0.2, 0.25) is 0 Å². The van der Waals surface area contributed by atoms with Gasteiger partial charge in [-0.25, -0.2) is 4.98 Å². The van der Waals surface area contributed by atoms with Gasteiger partial charge in [-0.05, 0) is 12.1 Å². The van der Waals surface area contributed by atoms with Crippen molar-refractivity contribution in [3.8, 4) is 0 Å². The predicted octanol–water partition coefficient (Wildman–Crippen LogP) is 1.50.